The third-order valence-electron chi connectivity index (χ3n) is 5.78. The zero-order chi connectivity index (χ0) is 20.0. The second kappa shape index (κ2) is 7.14. The first-order valence-corrected chi connectivity index (χ1v) is 10.5. The Kier molecular flexibility index (Phi) is 4.59. The van der Waals surface area contributed by atoms with Crippen LogP contribution >= 0.6 is 11.3 Å². The molecular formula is C21H25N5O2S. The van der Waals surface area contributed by atoms with E-state index < -0.39 is 5.60 Å². The van der Waals surface area contributed by atoms with Gasteiger partial charge in [-0.25, -0.2) is 0 Å². The number of benzene rings is 1. The monoisotopic (exact) mass is 411 g/mol. The molecular weight excluding hydrogens is 386 g/mol. The quantitative estimate of drug-likeness (QED) is 0.514. The number of hydrogen-bond donors (Lipinski definition) is 4. The van der Waals surface area contributed by atoms with Crippen molar-refractivity contribution < 1.29 is 9.47 Å². The highest BCUT2D eigenvalue weighted by molar-refractivity contribution is 7.14. The summed E-state index contributed by atoms with van der Waals surface area (Å²) in [6.45, 7) is 3.37. The Balaban J connectivity index is 1.55. The predicted octanol–water partition coefficient (Wildman–Crippen LogP) is 2.01. The molecule has 152 valence electrons. The zero-order valence-corrected chi connectivity index (χ0v) is 17.6. The van der Waals surface area contributed by atoms with Crippen LogP contribution in [0.15, 0.2) is 18.3 Å². The number of aryl methyl sites for hydroxylation is 1. The molecule has 0 amide bonds. The maximum absolute atomic E-state index is 5.81. The maximum Gasteiger partial charge on any atom is 0.114 e. The van der Waals surface area contributed by atoms with Crippen molar-refractivity contribution in [1.82, 2.24) is 15.5 Å². The number of H-pyrrole nitrogens is 1. The molecule has 0 spiro atoms. The molecule has 3 aromatic rings. The molecule has 7 nitrogen and oxygen atoms in total. The van der Waals surface area contributed by atoms with Crippen molar-refractivity contribution in [3.05, 3.63) is 39.2 Å². The lowest BCUT2D eigenvalue weighted by molar-refractivity contribution is -0.0137. The summed E-state index contributed by atoms with van der Waals surface area (Å²) in [4.78, 5) is 0. The van der Waals surface area contributed by atoms with E-state index in [4.69, 9.17) is 9.47 Å². The molecule has 0 saturated heterocycles. The van der Waals surface area contributed by atoms with Crippen LogP contribution in [0.3, 0.4) is 0 Å². The summed E-state index contributed by atoms with van der Waals surface area (Å²) in [5, 5.41) is 21.5. The molecule has 3 heterocycles. The van der Waals surface area contributed by atoms with Crippen molar-refractivity contribution in [2.75, 3.05) is 38.1 Å². The lowest BCUT2D eigenvalue weighted by Gasteiger charge is -2.30. The molecule has 0 radical (unpaired) electrons. The minimum absolute atomic E-state index is 0.0245. The number of hydrogen-bond acceptors (Lipinski definition) is 7. The van der Waals surface area contributed by atoms with E-state index in [1.807, 2.05) is 6.20 Å². The summed E-state index contributed by atoms with van der Waals surface area (Å²) < 4.78 is 12.5. The van der Waals surface area contributed by atoms with Crippen molar-refractivity contribution in [3.63, 3.8) is 0 Å². The van der Waals surface area contributed by atoms with Crippen molar-refractivity contribution >= 4 is 45.1 Å². The summed E-state index contributed by atoms with van der Waals surface area (Å²) in [5.41, 5.74) is 4.21. The Morgan fingerprint density at radius 1 is 1.34 bits per heavy atom. The van der Waals surface area contributed by atoms with Gasteiger partial charge in [-0.05, 0) is 35.9 Å². The average Bonchev–Trinajstić information content (AvgIpc) is 3.32. The van der Waals surface area contributed by atoms with Crippen LogP contribution in [0.5, 0.6) is 0 Å². The SMILES string of the molecule is COC[C@@]1(OC)C=c2sc3c(c2=CC1)C(Nc1cc2cn[nH]c2cc1C)NCN3. The smallest absolute Gasteiger partial charge is 0.114 e. The highest BCUT2D eigenvalue weighted by Gasteiger charge is 2.31. The Hall–Kier alpha value is -2.39. The molecule has 0 fully saturated rings. The Labute approximate surface area is 172 Å². The van der Waals surface area contributed by atoms with Crippen LogP contribution in [0.4, 0.5) is 10.7 Å². The van der Waals surface area contributed by atoms with E-state index in [1.54, 1.807) is 25.6 Å². The molecule has 0 saturated carbocycles. The van der Waals surface area contributed by atoms with E-state index >= 15 is 0 Å². The van der Waals surface area contributed by atoms with Crippen molar-refractivity contribution in [2.45, 2.75) is 25.1 Å². The van der Waals surface area contributed by atoms with Crippen LogP contribution in [0, 0.1) is 6.92 Å². The van der Waals surface area contributed by atoms with Gasteiger partial charge in [0.1, 0.15) is 11.8 Å². The molecule has 29 heavy (non-hydrogen) atoms. The number of fused-ring (bicyclic) bond motifs is 4. The van der Waals surface area contributed by atoms with Gasteiger partial charge in [-0.15, -0.1) is 11.3 Å². The van der Waals surface area contributed by atoms with E-state index in [0.29, 0.717) is 13.3 Å². The molecule has 1 unspecified atom stereocenters. The summed E-state index contributed by atoms with van der Waals surface area (Å²) in [6, 6.07) is 4.29. The minimum atomic E-state index is -0.394. The normalized spacial score (nSPS) is 22.9. The largest absolute Gasteiger partial charge is 0.381 e. The Bertz CT molecular complexity index is 1180. The lowest BCUT2D eigenvalue weighted by atomic mass is 9.94. The van der Waals surface area contributed by atoms with Crippen LogP contribution < -0.4 is 25.7 Å². The van der Waals surface area contributed by atoms with Crippen molar-refractivity contribution in [2.24, 2.45) is 0 Å². The van der Waals surface area contributed by atoms with E-state index in [1.165, 1.54) is 25.9 Å². The van der Waals surface area contributed by atoms with Crippen LogP contribution in [0.25, 0.3) is 23.1 Å². The first-order chi connectivity index (χ1) is 14.1. The fraction of sp³-hybridized carbons (Fsp3) is 0.381. The van der Waals surface area contributed by atoms with Gasteiger partial charge in [0.25, 0.3) is 0 Å². The van der Waals surface area contributed by atoms with Gasteiger partial charge in [-0.1, -0.05) is 6.08 Å². The number of nitrogens with zero attached hydrogens (tertiary/aromatic N) is 1. The average molecular weight is 412 g/mol. The highest BCUT2D eigenvalue weighted by atomic mass is 32.1. The fourth-order valence-corrected chi connectivity index (χ4v) is 5.48. The summed E-state index contributed by atoms with van der Waals surface area (Å²) in [5.74, 6) is 0. The summed E-state index contributed by atoms with van der Waals surface area (Å²) in [7, 11) is 3.47. The fourth-order valence-electron chi connectivity index (χ4n) is 4.20. The second-order valence-electron chi connectivity index (χ2n) is 7.64. The number of methoxy groups -OCH3 is 2. The third-order valence-corrected chi connectivity index (χ3v) is 6.91. The lowest BCUT2D eigenvalue weighted by Crippen LogP contribution is -2.44. The number of aromatic amines is 1. The van der Waals surface area contributed by atoms with Gasteiger partial charge in [0.15, 0.2) is 0 Å². The number of ether oxygens (including phenoxy) is 2. The summed E-state index contributed by atoms with van der Waals surface area (Å²) in [6.07, 6.45) is 7.17. The highest BCUT2D eigenvalue weighted by Crippen LogP contribution is 2.31. The molecule has 1 aliphatic carbocycles. The number of thiophene rings is 1. The van der Waals surface area contributed by atoms with Crippen LogP contribution in [0.2, 0.25) is 0 Å². The molecule has 2 atom stereocenters. The molecule has 2 aliphatic rings. The maximum atomic E-state index is 5.81. The predicted molar refractivity (Wildman–Crippen MR) is 118 cm³/mol. The molecule has 5 rings (SSSR count). The number of aromatic nitrogens is 2. The van der Waals surface area contributed by atoms with Crippen LogP contribution in [-0.2, 0) is 9.47 Å². The van der Waals surface area contributed by atoms with E-state index in [2.05, 4.69) is 57.4 Å². The van der Waals surface area contributed by atoms with Gasteiger partial charge in [0.05, 0.1) is 30.0 Å². The first kappa shape index (κ1) is 18.6. The van der Waals surface area contributed by atoms with Gasteiger partial charge in [-0.2, -0.15) is 5.10 Å². The molecule has 8 heteroatoms. The molecule has 1 aliphatic heterocycles. The van der Waals surface area contributed by atoms with Gasteiger partial charge in [0, 0.05) is 41.8 Å². The first-order valence-electron chi connectivity index (χ1n) is 9.70. The topological polar surface area (TPSA) is 83.2 Å². The van der Waals surface area contributed by atoms with Crippen molar-refractivity contribution in [3.8, 4) is 0 Å². The van der Waals surface area contributed by atoms with E-state index in [0.717, 1.165) is 23.0 Å². The van der Waals surface area contributed by atoms with Crippen LogP contribution in [-0.4, -0.2) is 43.3 Å². The van der Waals surface area contributed by atoms with Gasteiger partial charge < -0.3 is 20.1 Å². The van der Waals surface area contributed by atoms with E-state index in [-0.39, 0.29) is 6.17 Å². The molecule has 1 aromatic carbocycles. The number of anilines is 2. The van der Waals surface area contributed by atoms with Gasteiger partial charge >= 0.3 is 0 Å². The second-order valence-corrected chi connectivity index (χ2v) is 8.69. The molecule has 4 N–H and O–H groups in total. The molecule has 2 aromatic heterocycles. The summed E-state index contributed by atoms with van der Waals surface area (Å²) >= 11 is 1.78. The van der Waals surface area contributed by atoms with Gasteiger partial charge in [-0.3, -0.25) is 10.4 Å². The van der Waals surface area contributed by atoms with E-state index in [9.17, 15) is 0 Å². The number of nitrogens with one attached hydrogen (secondary N) is 4. The number of rotatable bonds is 5. The Morgan fingerprint density at radius 3 is 3.07 bits per heavy atom. The Morgan fingerprint density at radius 2 is 2.24 bits per heavy atom. The zero-order valence-electron chi connectivity index (χ0n) is 16.8. The van der Waals surface area contributed by atoms with Crippen LogP contribution in [0.1, 0.15) is 23.7 Å². The standard InChI is InChI=1S/C21H25N5O2S/c1-12-6-16-13(9-24-26-16)7-15(12)25-19-18-14-4-5-21(28-3,10-27-2)8-17(14)29-20(18)23-11-22-19/h4,6-9,19,22-23,25H,5,10-11H2,1-3H3,(H,24,26)/t19?,21-/m0/s1. The third kappa shape index (κ3) is 3.12. The van der Waals surface area contributed by atoms with Gasteiger partial charge in [0.2, 0.25) is 0 Å². The minimum Gasteiger partial charge on any atom is -0.381 e. The van der Waals surface area contributed by atoms with Crippen molar-refractivity contribution in [1.29, 1.82) is 0 Å². The molecule has 0 bridgehead atoms.